The van der Waals surface area contributed by atoms with Crippen LogP contribution >= 0.6 is 11.8 Å². The molecule has 170 valence electrons. The minimum atomic E-state index is -0.485. The van der Waals surface area contributed by atoms with Crippen LogP contribution in [0, 0.1) is 17.3 Å². The van der Waals surface area contributed by atoms with Crippen LogP contribution in [-0.2, 0) is 9.53 Å². The van der Waals surface area contributed by atoms with Crippen molar-refractivity contribution in [2.75, 3.05) is 31.3 Å². The van der Waals surface area contributed by atoms with Gasteiger partial charge in [0, 0.05) is 22.8 Å². The summed E-state index contributed by atoms with van der Waals surface area (Å²) in [5.41, 5.74) is 7.16. The Morgan fingerprint density at radius 1 is 1.19 bits per heavy atom. The van der Waals surface area contributed by atoms with Crippen LogP contribution in [0.3, 0.4) is 0 Å². The number of carbonyl (C=O) groups excluding carboxylic acids is 1. The molecule has 5 heteroatoms. The summed E-state index contributed by atoms with van der Waals surface area (Å²) in [7, 11) is 0. The van der Waals surface area contributed by atoms with Crippen LogP contribution in [0.25, 0.3) is 0 Å². The Morgan fingerprint density at radius 3 is 2.75 bits per heavy atom. The zero-order chi connectivity index (χ0) is 22.7. The molecule has 0 aromatic carbocycles. The Labute approximate surface area is 194 Å². The van der Waals surface area contributed by atoms with Crippen molar-refractivity contribution in [1.29, 1.82) is 0 Å². The van der Waals surface area contributed by atoms with Gasteiger partial charge in [-0.1, -0.05) is 62.5 Å². The van der Waals surface area contributed by atoms with Crippen molar-refractivity contribution in [1.82, 2.24) is 0 Å². The molecular formula is C27H32O4S. The second-order valence-corrected chi connectivity index (χ2v) is 10.1. The van der Waals surface area contributed by atoms with E-state index in [1.165, 1.54) is 27.9 Å². The van der Waals surface area contributed by atoms with Gasteiger partial charge in [0.1, 0.15) is 6.61 Å². The number of rotatable bonds is 10. The fourth-order valence-corrected chi connectivity index (χ4v) is 6.00. The van der Waals surface area contributed by atoms with Gasteiger partial charge in [-0.25, -0.2) is 0 Å². The number of esters is 1. The summed E-state index contributed by atoms with van der Waals surface area (Å²) in [6, 6.07) is 0. The third-order valence-corrected chi connectivity index (χ3v) is 8.51. The second kappa shape index (κ2) is 9.82. The molecule has 0 aromatic rings. The maximum Gasteiger partial charge on any atom is 0.309 e. The van der Waals surface area contributed by atoms with E-state index in [0.29, 0.717) is 17.9 Å². The van der Waals surface area contributed by atoms with Gasteiger partial charge in [-0.15, -0.1) is 0 Å². The van der Waals surface area contributed by atoms with Crippen molar-refractivity contribution in [2.24, 2.45) is 17.3 Å². The van der Waals surface area contributed by atoms with E-state index in [2.05, 4.69) is 48.6 Å². The fourth-order valence-electron chi connectivity index (χ4n) is 4.57. The SMILES string of the molecule is CCC(CO)(CO)CSCC(C)C(=O)OCC1=CC=C2C=CC3=C4C(=CC=C1C24)C=CC3. The van der Waals surface area contributed by atoms with E-state index < -0.39 is 5.41 Å². The predicted octanol–water partition coefficient (Wildman–Crippen LogP) is 4.46. The Kier molecular flexibility index (Phi) is 7.08. The first-order valence-electron chi connectivity index (χ1n) is 11.4. The van der Waals surface area contributed by atoms with Crippen LogP contribution in [0.2, 0.25) is 0 Å². The van der Waals surface area contributed by atoms with Gasteiger partial charge in [0.2, 0.25) is 0 Å². The zero-order valence-electron chi connectivity index (χ0n) is 18.8. The molecule has 0 bridgehead atoms. The standard InChI is InChI=1S/C27H32O4S/c1-3-27(15-28,16-29)17-32-14-18(2)26(30)31-13-22-10-9-21-8-7-19-5-4-6-20-11-12-23(22)25(21)24(19)20/h4,6-12,18,25,28-29H,3,5,13-17H2,1-2H3. The summed E-state index contributed by atoms with van der Waals surface area (Å²) in [6.07, 6.45) is 19.1. The highest BCUT2D eigenvalue weighted by Gasteiger charge is 2.35. The topological polar surface area (TPSA) is 66.8 Å². The lowest BCUT2D eigenvalue weighted by Crippen LogP contribution is -2.32. The van der Waals surface area contributed by atoms with Crippen LogP contribution in [0.15, 0.2) is 82.0 Å². The summed E-state index contributed by atoms with van der Waals surface area (Å²) in [4.78, 5) is 12.6. The van der Waals surface area contributed by atoms with E-state index in [4.69, 9.17) is 4.74 Å². The van der Waals surface area contributed by atoms with E-state index in [1.54, 1.807) is 11.8 Å². The van der Waals surface area contributed by atoms with E-state index in [1.807, 2.05) is 13.8 Å². The number of hydrogen-bond donors (Lipinski definition) is 2. The maximum atomic E-state index is 12.6. The highest BCUT2D eigenvalue weighted by Crippen LogP contribution is 2.48. The molecule has 0 fully saturated rings. The molecule has 0 saturated carbocycles. The lowest BCUT2D eigenvalue weighted by atomic mass is 9.67. The summed E-state index contributed by atoms with van der Waals surface area (Å²) < 4.78 is 5.71. The van der Waals surface area contributed by atoms with Gasteiger partial charge < -0.3 is 14.9 Å². The third-order valence-electron chi connectivity index (χ3n) is 6.96. The smallest absolute Gasteiger partial charge is 0.309 e. The molecule has 0 aliphatic heterocycles. The molecule has 2 atom stereocenters. The average Bonchev–Trinajstić information content (AvgIpc) is 2.84. The number of carbonyl (C=O) groups is 1. The number of aliphatic hydroxyl groups is 2. The van der Waals surface area contributed by atoms with Gasteiger partial charge in [0.05, 0.1) is 19.1 Å². The molecule has 32 heavy (non-hydrogen) atoms. The van der Waals surface area contributed by atoms with Crippen molar-refractivity contribution in [3.63, 3.8) is 0 Å². The number of allylic oxidation sites excluding steroid dienone is 12. The monoisotopic (exact) mass is 452 g/mol. The van der Waals surface area contributed by atoms with E-state index in [0.717, 1.165) is 12.0 Å². The molecule has 4 aliphatic carbocycles. The summed E-state index contributed by atoms with van der Waals surface area (Å²) >= 11 is 1.59. The molecule has 0 spiro atoms. The molecule has 2 unspecified atom stereocenters. The summed E-state index contributed by atoms with van der Waals surface area (Å²) in [5.74, 6) is 1.01. The Morgan fingerprint density at radius 2 is 2.00 bits per heavy atom. The van der Waals surface area contributed by atoms with E-state index >= 15 is 0 Å². The van der Waals surface area contributed by atoms with Crippen LogP contribution in [0.4, 0.5) is 0 Å². The number of thioether (sulfide) groups is 1. The normalized spacial score (nSPS) is 21.9. The largest absolute Gasteiger partial charge is 0.461 e. The van der Waals surface area contributed by atoms with E-state index in [9.17, 15) is 15.0 Å². The quantitative estimate of drug-likeness (QED) is 0.479. The second-order valence-electron chi connectivity index (χ2n) is 9.11. The first kappa shape index (κ1) is 23.1. The van der Waals surface area contributed by atoms with E-state index in [-0.39, 0.29) is 37.6 Å². The Balaban J connectivity index is 1.37. The summed E-state index contributed by atoms with van der Waals surface area (Å²) in [6.45, 7) is 4.01. The Hall–Kier alpha value is -2.08. The molecule has 4 rings (SSSR count). The van der Waals surface area contributed by atoms with Crippen LogP contribution in [-0.4, -0.2) is 47.5 Å². The molecule has 0 heterocycles. The van der Waals surface area contributed by atoms with Gasteiger partial charge in [0.15, 0.2) is 0 Å². The molecular weight excluding hydrogens is 420 g/mol. The number of aliphatic hydroxyl groups excluding tert-OH is 2. The summed E-state index contributed by atoms with van der Waals surface area (Å²) in [5, 5.41) is 19.2. The van der Waals surface area contributed by atoms with Crippen LogP contribution < -0.4 is 0 Å². The Bertz CT molecular complexity index is 977. The van der Waals surface area contributed by atoms with Crippen LogP contribution in [0.1, 0.15) is 26.7 Å². The van der Waals surface area contributed by atoms with Gasteiger partial charge in [-0.3, -0.25) is 4.79 Å². The van der Waals surface area contributed by atoms with Crippen LogP contribution in [0.5, 0.6) is 0 Å². The van der Waals surface area contributed by atoms with Gasteiger partial charge in [-0.05, 0) is 46.3 Å². The molecule has 4 nitrogen and oxygen atoms in total. The first-order chi connectivity index (χ1) is 15.5. The molecule has 0 radical (unpaired) electrons. The number of hydrogen-bond acceptors (Lipinski definition) is 5. The fraction of sp³-hybridized carbons (Fsp3) is 0.444. The average molecular weight is 453 g/mol. The highest BCUT2D eigenvalue weighted by atomic mass is 32.2. The highest BCUT2D eigenvalue weighted by molar-refractivity contribution is 7.99. The maximum absolute atomic E-state index is 12.6. The molecule has 0 saturated heterocycles. The lowest BCUT2D eigenvalue weighted by molar-refractivity contribution is -0.146. The third kappa shape index (κ3) is 4.39. The number of ether oxygens (including phenoxy) is 1. The van der Waals surface area contributed by atoms with Crippen molar-refractivity contribution in [2.45, 2.75) is 26.7 Å². The van der Waals surface area contributed by atoms with Gasteiger partial charge in [0.25, 0.3) is 0 Å². The van der Waals surface area contributed by atoms with Crippen molar-refractivity contribution in [3.05, 3.63) is 82.0 Å². The zero-order valence-corrected chi connectivity index (χ0v) is 19.7. The lowest BCUT2D eigenvalue weighted by Gasteiger charge is -2.37. The van der Waals surface area contributed by atoms with Crippen molar-refractivity contribution < 1.29 is 19.7 Å². The first-order valence-corrected chi connectivity index (χ1v) is 12.5. The van der Waals surface area contributed by atoms with Crippen molar-refractivity contribution in [3.8, 4) is 0 Å². The molecule has 2 N–H and O–H groups in total. The van der Waals surface area contributed by atoms with Crippen molar-refractivity contribution >= 4 is 17.7 Å². The van der Waals surface area contributed by atoms with Gasteiger partial charge in [-0.2, -0.15) is 11.8 Å². The predicted molar refractivity (Wildman–Crippen MR) is 130 cm³/mol. The van der Waals surface area contributed by atoms with Gasteiger partial charge >= 0.3 is 5.97 Å². The molecule has 0 amide bonds. The molecule has 0 aromatic heterocycles. The molecule has 4 aliphatic rings. The minimum Gasteiger partial charge on any atom is -0.461 e. The minimum absolute atomic E-state index is 0.0505.